The van der Waals surface area contributed by atoms with Crippen LogP contribution in [0.1, 0.15) is 6.42 Å². The second kappa shape index (κ2) is 5.79. The molecule has 88 valence electrons. The summed E-state index contributed by atoms with van der Waals surface area (Å²) in [7, 11) is 0. The van der Waals surface area contributed by atoms with Crippen LogP contribution in [0.5, 0.6) is 5.75 Å². The van der Waals surface area contributed by atoms with Gasteiger partial charge in [-0.1, -0.05) is 11.6 Å². The van der Waals surface area contributed by atoms with Crippen LogP contribution in [0, 0.1) is 0 Å². The van der Waals surface area contributed by atoms with Crippen LogP contribution in [0.2, 0.25) is 5.02 Å². The van der Waals surface area contributed by atoms with Gasteiger partial charge >= 0.3 is 11.9 Å². The molecule has 0 spiro atoms. The van der Waals surface area contributed by atoms with Crippen molar-refractivity contribution < 1.29 is 24.2 Å². The topological polar surface area (TPSA) is 93.0 Å². The van der Waals surface area contributed by atoms with Gasteiger partial charge < -0.3 is 9.84 Å². The van der Waals surface area contributed by atoms with E-state index in [1.165, 1.54) is 24.3 Å². The number of carbonyl (C=O) groups is 2. The highest BCUT2D eigenvalue weighted by Crippen LogP contribution is 2.28. The summed E-state index contributed by atoms with van der Waals surface area (Å²) in [4.78, 5) is 34.5. The molecular formula is C10H6ClNO5. The number of carbonyl (C=O) groups excluding carboxylic acids is 2. The third-order valence-electron chi connectivity index (χ3n) is 1.61. The summed E-state index contributed by atoms with van der Waals surface area (Å²) in [6, 6.07) is 3.93. The maximum Gasteiger partial charge on any atom is 0.322 e. The van der Waals surface area contributed by atoms with E-state index in [0.717, 1.165) is 0 Å². The number of carboxylic acids is 1. The summed E-state index contributed by atoms with van der Waals surface area (Å²) in [5, 5.41) is 8.44. The lowest BCUT2D eigenvalue weighted by Crippen LogP contribution is -2.13. The van der Waals surface area contributed by atoms with Crippen LogP contribution in [-0.4, -0.2) is 23.1 Å². The third kappa shape index (κ3) is 4.06. The molecule has 0 atom stereocenters. The number of nitrogens with zero attached hydrogens (tertiary/aromatic N) is 1. The van der Waals surface area contributed by atoms with Gasteiger partial charge in [0.25, 0.3) is 0 Å². The zero-order valence-electron chi connectivity index (χ0n) is 8.34. The van der Waals surface area contributed by atoms with E-state index in [1.807, 2.05) is 0 Å². The number of carboxylic acid groups (broad SMARTS) is 1. The smallest absolute Gasteiger partial charge is 0.322 e. The summed E-state index contributed by atoms with van der Waals surface area (Å²) in [5.74, 6) is -2.13. The molecule has 0 aliphatic rings. The standard InChI is InChI=1S/C10H6ClNO5/c11-7-3-6(1-2-8(7)12-5-13)17-10(16)4-9(14)15/h1-3H,4H2,(H,14,15). The Morgan fingerprint density at radius 2 is 2.18 bits per heavy atom. The number of hydrogen-bond donors (Lipinski definition) is 1. The minimum absolute atomic E-state index is 0.0751. The molecule has 0 fully saturated rings. The van der Waals surface area contributed by atoms with Crippen molar-refractivity contribution in [2.75, 3.05) is 0 Å². The summed E-state index contributed by atoms with van der Waals surface area (Å²) in [6.45, 7) is 0. The zero-order chi connectivity index (χ0) is 12.8. The molecule has 0 bridgehead atoms. The van der Waals surface area contributed by atoms with E-state index in [2.05, 4.69) is 4.99 Å². The average Bonchev–Trinajstić information content (AvgIpc) is 2.21. The van der Waals surface area contributed by atoms with Gasteiger partial charge in [0.2, 0.25) is 6.08 Å². The first-order valence-corrected chi connectivity index (χ1v) is 4.70. The first-order chi connectivity index (χ1) is 8.02. The first-order valence-electron chi connectivity index (χ1n) is 4.33. The number of isocyanates is 1. The molecular weight excluding hydrogens is 250 g/mol. The molecule has 0 saturated heterocycles. The van der Waals surface area contributed by atoms with E-state index in [9.17, 15) is 14.4 Å². The number of rotatable bonds is 4. The Morgan fingerprint density at radius 3 is 2.71 bits per heavy atom. The number of aliphatic carboxylic acids is 1. The molecule has 0 saturated carbocycles. The van der Waals surface area contributed by atoms with Gasteiger partial charge in [-0.15, -0.1) is 0 Å². The van der Waals surface area contributed by atoms with E-state index < -0.39 is 18.4 Å². The lowest BCUT2D eigenvalue weighted by molar-refractivity contribution is -0.145. The van der Waals surface area contributed by atoms with Crippen molar-refractivity contribution in [3.05, 3.63) is 23.2 Å². The Hall–Kier alpha value is -2.17. The van der Waals surface area contributed by atoms with Gasteiger partial charge in [0.1, 0.15) is 12.2 Å². The SMILES string of the molecule is O=C=Nc1ccc(OC(=O)CC(=O)O)cc1Cl. The second-order valence-electron chi connectivity index (χ2n) is 2.86. The maximum atomic E-state index is 11.0. The fraction of sp³-hybridized carbons (Fsp3) is 0.100. The molecule has 0 amide bonds. The fourth-order valence-electron chi connectivity index (χ4n) is 0.982. The van der Waals surface area contributed by atoms with Crippen molar-refractivity contribution in [1.29, 1.82) is 0 Å². The van der Waals surface area contributed by atoms with Gasteiger partial charge in [0, 0.05) is 6.07 Å². The maximum absolute atomic E-state index is 11.0. The zero-order valence-corrected chi connectivity index (χ0v) is 9.10. The Bertz CT molecular complexity index is 507. The molecule has 0 radical (unpaired) electrons. The molecule has 17 heavy (non-hydrogen) atoms. The van der Waals surface area contributed by atoms with Gasteiger partial charge in [0.05, 0.1) is 10.7 Å². The van der Waals surface area contributed by atoms with Gasteiger partial charge in [-0.3, -0.25) is 9.59 Å². The molecule has 0 aromatic heterocycles. The number of esters is 1. The summed E-state index contributed by atoms with van der Waals surface area (Å²) >= 11 is 5.72. The van der Waals surface area contributed by atoms with E-state index in [4.69, 9.17) is 21.4 Å². The van der Waals surface area contributed by atoms with Crippen LogP contribution in [0.4, 0.5) is 5.69 Å². The predicted octanol–water partition coefficient (Wildman–Crippen LogP) is 1.69. The molecule has 1 aromatic carbocycles. The van der Waals surface area contributed by atoms with Gasteiger partial charge in [-0.2, -0.15) is 4.99 Å². The predicted molar refractivity (Wildman–Crippen MR) is 57.1 cm³/mol. The molecule has 7 heteroatoms. The molecule has 0 unspecified atom stereocenters. The van der Waals surface area contributed by atoms with Crippen LogP contribution >= 0.6 is 11.6 Å². The lowest BCUT2D eigenvalue weighted by Gasteiger charge is -2.03. The minimum atomic E-state index is -1.29. The number of hydrogen-bond acceptors (Lipinski definition) is 5. The van der Waals surface area contributed by atoms with E-state index in [0.29, 0.717) is 0 Å². The summed E-state index contributed by atoms with van der Waals surface area (Å²) < 4.78 is 4.69. The van der Waals surface area contributed by atoms with Gasteiger partial charge in [-0.05, 0) is 12.1 Å². The highest BCUT2D eigenvalue weighted by Gasteiger charge is 2.11. The molecule has 1 rings (SSSR count). The van der Waals surface area contributed by atoms with Crippen molar-refractivity contribution in [3.8, 4) is 5.75 Å². The quantitative estimate of drug-likeness (QED) is 0.290. The molecule has 6 nitrogen and oxygen atoms in total. The van der Waals surface area contributed by atoms with Crippen molar-refractivity contribution in [1.82, 2.24) is 0 Å². The molecule has 0 aliphatic carbocycles. The van der Waals surface area contributed by atoms with Crippen molar-refractivity contribution in [3.63, 3.8) is 0 Å². The minimum Gasteiger partial charge on any atom is -0.481 e. The third-order valence-corrected chi connectivity index (χ3v) is 1.92. The molecule has 0 aliphatic heterocycles. The number of halogens is 1. The van der Waals surface area contributed by atoms with Crippen molar-refractivity contribution >= 4 is 35.3 Å². The van der Waals surface area contributed by atoms with Gasteiger partial charge in [0.15, 0.2) is 0 Å². The van der Waals surface area contributed by atoms with E-state index >= 15 is 0 Å². The van der Waals surface area contributed by atoms with Crippen LogP contribution in [0.15, 0.2) is 23.2 Å². The largest absolute Gasteiger partial charge is 0.481 e. The monoisotopic (exact) mass is 255 g/mol. The molecule has 0 heterocycles. The van der Waals surface area contributed by atoms with E-state index in [-0.39, 0.29) is 16.5 Å². The van der Waals surface area contributed by atoms with Crippen molar-refractivity contribution in [2.45, 2.75) is 6.42 Å². The van der Waals surface area contributed by atoms with Crippen LogP contribution in [0.25, 0.3) is 0 Å². The van der Waals surface area contributed by atoms with Crippen LogP contribution in [-0.2, 0) is 14.4 Å². The van der Waals surface area contributed by atoms with Crippen LogP contribution < -0.4 is 4.74 Å². The normalized spacial score (nSPS) is 9.24. The Labute approximate surface area is 100 Å². The van der Waals surface area contributed by atoms with Gasteiger partial charge in [-0.25, -0.2) is 4.79 Å². The number of aliphatic imine (C=N–C) groups is 1. The highest BCUT2D eigenvalue weighted by molar-refractivity contribution is 6.33. The summed E-state index contributed by atoms with van der Waals surface area (Å²) in [5.41, 5.74) is 0.180. The average molecular weight is 256 g/mol. The Morgan fingerprint density at radius 1 is 1.47 bits per heavy atom. The second-order valence-corrected chi connectivity index (χ2v) is 3.27. The van der Waals surface area contributed by atoms with Crippen molar-refractivity contribution in [2.24, 2.45) is 4.99 Å². The molecule has 1 N–H and O–H groups in total. The number of benzene rings is 1. The number of ether oxygens (including phenoxy) is 1. The lowest BCUT2D eigenvalue weighted by atomic mass is 10.3. The first kappa shape index (κ1) is 12.9. The van der Waals surface area contributed by atoms with Crippen LogP contribution in [0.3, 0.4) is 0 Å². The molecule has 1 aromatic rings. The Kier molecular flexibility index (Phi) is 4.39. The van der Waals surface area contributed by atoms with E-state index in [1.54, 1.807) is 0 Å². The summed E-state index contributed by atoms with van der Waals surface area (Å²) in [6.07, 6.45) is 0.572. The fourth-order valence-corrected chi connectivity index (χ4v) is 1.19. The highest BCUT2D eigenvalue weighted by atomic mass is 35.5. The Balaban J connectivity index is 2.80.